The van der Waals surface area contributed by atoms with Crippen LogP contribution in [-0.4, -0.2) is 44.3 Å². The molecule has 0 saturated heterocycles. The standard InChI is InChI=1S/C30H52O4/c1-18(22(31)17-25(33)27(4,5)34)19-11-15-30(8)21-9-10-23-26(2,3)24(32)13-14-28(23,6)20(21)12-16-29(19,30)7/h12,18-19,21-25,31-34H,9-11,13-17H2,1-8H3. The van der Waals surface area contributed by atoms with Crippen molar-refractivity contribution in [3.63, 3.8) is 0 Å². The SMILES string of the molecule is CC(C(O)CC(O)C(C)(C)O)C1CCC2(C)C3CCC4C(C)(CCC(O)C4(C)C)C3=CCC12C. The Balaban J connectivity index is 1.61. The van der Waals surface area contributed by atoms with Gasteiger partial charge < -0.3 is 20.4 Å². The van der Waals surface area contributed by atoms with Crippen molar-refractivity contribution in [1.29, 1.82) is 0 Å². The summed E-state index contributed by atoms with van der Waals surface area (Å²) in [4.78, 5) is 0. The summed E-state index contributed by atoms with van der Waals surface area (Å²) in [5.41, 5.74) is 0.934. The lowest BCUT2D eigenvalue weighted by Crippen LogP contribution is -2.57. The van der Waals surface area contributed by atoms with Crippen LogP contribution in [0.25, 0.3) is 0 Å². The van der Waals surface area contributed by atoms with Gasteiger partial charge in [-0.15, -0.1) is 0 Å². The van der Waals surface area contributed by atoms with Crippen molar-refractivity contribution >= 4 is 0 Å². The highest BCUT2D eigenvalue weighted by atomic mass is 16.3. The van der Waals surface area contributed by atoms with E-state index < -0.39 is 17.8 Å². The van der Waals surface area contributed by atoms with Crippen LogP contribution in [-0.2, 0) is 0 Å². The van der Waals surface area contributed by atoms with Gasteiger partial charge >= 0.3 is 0 Å². The molecule has 4 rings (SSSR count). The summed E-state index contributed by atoms with van der Waals surface area (Å²) in [6, 6.07) is 0. The minimum Gasteiger partial charge on any atom is -0.393 e. The van der Waals surface area contributed by atoms with E-state index in [1.54, 1.807) is 19.4 Å². The molecule has 0 radical (unpaired) electrons. The summed E-state index contributed by atoms with van der Waals surface area (Å²) in [6.45, 7) is 17.4. The quantitative estimate of drug-likeness (QED) is 0.397. The first-order valence-corrected chi connectivity index (χ1v) is 14.0. The third kappa shape index (κ3) is 3.68. The Hall–Kier alpha value is -0.420. The molecule has 4 nitrogen and oxygen atoms in total. The molecule has 0 aromatic heterocycles. The lowest BCUT2D eigenvalue weighted by molar-refractivity contribution is -0.121. The van der Waals surface area contributed by atoms with E-state index in [1.165, 1.54) is 19.3 Å². The van der Waals surface area contributed by atoms with Crippen molar-refractivity contribution in [2.45, 2.75) is 131 Å². The zero-order valence-electron chi connectivity index (χ0n) is 23.1. The fraction of sp³-hybridized carbons (Fsp3) is 0.933. The summed E-state index contributed by atoms with van der Waals surface area (Å²) in [7, 11) is 0. The van der Waals surface area contributed by atoms with Crippen molar-refractivity contribution in [3.8, 4) is 0 Å². The Bertz CT molecular complexity index is 811. The smallest absolute Gasteiger partial charge is 0.0850 e. The predicted octanol–water partition coefficient (Wildman–Crippen LogP) is 5.47. The first-order chi connectivity index (χ1) is 15.5. The number of rotatable bonds is 5. The zero-order chi connectivity index (χ0) is 25.5. The molecule has 196 valence electrons. The van der Waals surface area contributed by atoms with Crippen LogP contribution in [0.1, 0.15) is 107 Å². The van der Waals surface area contributed by atoms with Crippen LogP contribution in [0.4, 0.5) is 0 Å². The molecule has 10 atom stereocenters. The van der Waals surface area contributed by atoms with Gasteiger partial charge in [-0.1, -0.05) is 53.2 Å². The van der Waals surface area contributed by atoms with Crippen LogP contribution in [0.15, 0.2) is 11.6 Å². The van der Waals surface area contributed by atoms with Gasteiger partial charge in [0.05, 0.1) is 23.9 Å². The van der Waals surface area contributed by atoms with E-state index in [0.717, 1.165) is 25.7 Å². The Morgan fingerprint density at radius 3 is 2.24 bits per heavy atom. The number of aliphatic hydroxyl groups excluding tert-OH is 3. The van der Waals surface area contributed by atoms with Gasteiger partial charge in [-0.25, -0.2) is 0 Å². The van der Waals surface area contributed by atoms with Crippen LogP contribution in [0.2, 0.25) is 0 Å². The molecule has 0 aromatic rings. The normalized spacial score (nSPS) is 46.5. The van der Waals surface area contributed by atoms with Crippen LogP contribution < -0.4 is 0 Å². The first kappa shape index (κ1) is 26.6. The lowest BCUT2D eigenvalue weighted by Gasteiger charge is -2.64. The molecule has 0 amide bonds. The molecular formula is C30H52O4. The van der Waals surface area contributed by atoms with Gasteiger partial charge in [0.25, 0.3) is 0 Å². The van der Waals surface area contributed by atoms with Gasteiger partial charge in [0, 0.05) is 6.42 Å². The van der Waals surface area contributed by atoms with Crippen molar-refractivity contribution in [2.24, 2.45) is 45.3 Å². The van der Waals surface area contributed by atoms with Gasteiger partial charge in [0.1, 0.15) is 0 Å². The second-order valence-electron chi connectivity index (χ2n) is 14.7. The molecule has 0 spiro atoms. The highest BCUT2D eigenvalue weighted by Gasteiger charge is 2.65. The molecule has 4 aliphatic carbocycles. The molecule has 4 N–H and O–H groups in total. The van der Waals surface area contributed by atoms with Gasteiger partial charge in [0.2, 0.25) is 0 Å². The monoisotopic (exact) mass is 476 g/mol. The lowest BCUT2D eigenvalue weighted by atomic mass is 9.41. The molecule has 3 saturated carbocycles. The highest BCUT2D eigenvalue weighted by molar-refractivity contribution is 5.32. The second kappa shape index (κ2) is 8.30. The van der Waals surface area contributed by atoms with E-state index in [-0.39, 0.29) is 40.1 Å². The van der Waals surface area contributed by atoms with Crippen molar-refractivity contribution in [2.75, 3.05) is 0 Å². The van der Waals surface area contributed by atoms with Crippen molar-refractivity contribution < 1.29 is 20.4 Å². The maximum Gasteiger partial charge on any atom is 0.0850 e. The van der Waals surface area contributed by atoms with Gasteiger partial charge in [-0.3, -0.25) is 0 Å². The third-order valence-corrected chi connectivity index (χ3v) is 12.4. The predicted molar refractivity (Wildman–Crippen MR) is 137 cm³/mol. The number of allylic oxidation sites excluding steroid dienone is 2. The summed E-state index contributed by atoms with van der Waals surface area (Å²) in [5.74, 6) is 1.58. The molecule has 4 aliphatic rings. The van der Waals surface area contributed by atoms with Gasteiger partial charge in [0.15, 0.2) is 0 Å². The molecule has 0 aliphatic heterocycles. The molecule has 34 heavy (non-hydrogen) atoms. The van der Waals surface area contributed by atoms with E-state index in [2.05, 4.69) is 47.6 Å². The number of hydrogen-bond acceptors (Lipinski definition) is 4. The second-order valence-corrected chi connectivity index (χ2v) is 14.7. The molecule has 10 unspecified atom stereocenters. The van der Waals surface area contributed by atoms with Crippen molar-refractivity contribution in [3.05, 3.63) is 11.6 Å². The van der Waals surface area contributed by atoms with E-state index in [1.807, 2.05) is 0 Å². The molecule has 0 bridgehead atoms. The first-order valence-electron chi connectivity index (χ1n) is 14.0. The fourth-order valence-electron chi connectivity index (χ4n) is 9.60. The van der Waals surface area contributed by atoms with E-state index in [9.17, 15) is 20.4 Å². The molecule has 0 aromatic carbocycles. The highest BCUT2D eigenvalue weighted by Crippen LogP contribution is 2.73. The number of hydrogen-bond donors (Lipinski definition) is 4. The topological polar surface area (TPSA) is 80.9 Å². The summed E-state index contributed by atoms with van der Waals surface area (Å²) >= 11 is 0. The Kier molecular flexibility index (Phi) is 6.50. The maximum atomic E-state index is 11.1. The molecule has 4 heteroatoms. The average Bonchev–Trinajstić information content (AvgIpc) is 3.01. The Labute approximate surface area is 208 Å². The summed E-state index contributed by atoms with van der Waals surface area (Å²) in [5, 5.41) is 42.5. The number of fused-ring (bicyclic) bond motifs is 5. The minimum atomic E-state index is -1.20. The van der Waals surface area contributed by atoms with E-state index in [4.69, 9.17) is 0 Å². The summed E-state index contributed by atoms with van der Waals surface area (Å²) < 4.78 is 0. The number of aliphatic hydroxyl groups is 4. The van der Waals surface area contributed by atoms with E-state index >= 15 is 0 Å². The zero-order valence-corrected chi connectivity index (χ0v) is 23.1. The van der Waals surface area contributed by atoms with Crippen LogP contribution in [0.5, 0.6) is 0 Å². The molecule has 3 fully saturated rings. The Morgan fingerprint density at radius 2 is 1.62 bits per heavy atom. The minimum absolute atomic E-state index is 0.0430. The average molecular weight is 477 g/mol. The summed E-state index contributed by atoms with van der Waals surface area (Å²) in [6.07, 6.45) is 8.79. The third-order valence-electron chi connectivity index (χ3n) is 12.4. The van der Waals surface area contributed by atoms with Crippen molar-refractivity contribution in [1.82, 2.24) is 0 Å². The van der Waals surface area contributed by atoms with Gasteiger partial charge in [-0.2, -0.15) is 0 Å². The van der Waals surface area contributed by atoms with Crippen LogP contribution in [0.3, 0.4) is 0 Å². The maximum absolute atomic E-state index is 11.1. The van der Waals surface area contributed by atoms with E-state index in [0.29, 0.717) is 17.8 Å². The van der Waals surface area contributed by atoms with Gasteiger partial charge in [-0.05, 0) is 104 Å². The van der Waals surface area contributed by atoms with Crippen LogP contribution in [0, 0.1) is 45.3 Å². The molecular weight excluding hydrogens is 424 g/mol. The fourth-order valence-corrected chi connectivity index (χ4v) is 9.60. The van der Waals surface area contributed by atoms with Crippen LogP contribution >= 0.6 is 0 Å². The largest absolute Gasteiger partial charge is 0.393 e. The molecule has 0 heterocycles. The Morgan fingerprint density at radius 1 is 0.971 bits per heavy atom.